The second-order valence-electron chi connectivity index (χ2n) is 7.24. The third kappa shape index (κ3) is 2.81. The van der Waals surface area contributed by atoms with Gasteiger partial charge in [-0.15, -0.1) is 0 Å². The molecule has 0 aromatic rings. The van der Waals surface area contributed by atoms with Gasteiger partial charge in [0.2, 0.25) is 9.05 Å². The molecular formula is C14H25ClO3S. The van der Waals surface area contributed by atoms with Crippen molar-refractivity contribution in [3.63, 3.8) is 0 Å². The van der Waals surface area contributed by atoms with E-state index >= 15 is 0 Å². The highest BCUT2D eigenvalue weighted by atomic mass is 35.7. The van der Waals surface area contributed by atoms with Crippen LogP contribution in [0.2, 0.25) is 0 Å². The van der Waals surface area contributed by atoms with Gasteiger partial charge in [-0.2, -0.15) is 0 Å². The Morgan fingerprint density at radius 2 is 2.00 bits per heavy atom. The third-order valence-corrected chi connectivity index (χ3v) is 7.12. The average molecular weight is 309 g/mol. The first kappa shape index (κ1) is 15.6. The molecule has 0 radical (unpaired) electrons. The Hall–Kier alpha value is 0.200. The van der Waals surface area contributed by atoms with Crippen LogP contribution in [0.25, 0.3) is 0 Å². The average Bonchev–Trinajstić information content (AvgIpc) is 2.56. The minimum atomic E-state index is -3.43. The zero-order valence-corrected chi connectivity index (χ0v) is 13.9. The number of hydrogen-bond acceptors (Lipinski definition) is 3. The standard InChI is InChI=1S/C14H25ClO3S/c1-10(9-19(15,16)17)8-18-12-7-11-5-6-14(12,4)13(11,2)3/h10-12H,5-9H2,1-4H3. The summed E-state index contributed by atoms with van der Waals surface area (Å²) >= 11 is 0. The molecule has 0 aliphatic heterocycles. The van der Waals surface area contributed by atoms with E-state index in [4.69, 9.17) is 15.4 Å². The van der Waals surface area contributed by atoms with Crippen molar-refractivity contribution in [2.24, 2.45) is 22.7 Å². The number of hydrogen-bond donors (Lipinski definition) is 0. The number of fused-ring (bicyclic) bond motifs is 2. The molecule has 2 saturated carbocycles. The first-order valence-electron chi connectivity index (χ1n) is 7.10. The largest absolute Gasteiger partial charge is 0.377 e. The fourth-order valence-corrected chi connectivity index (χ4v) is 5.47. The van der Waals surface area contributed by atoms with Crippen LogP contribution < -0.4 is 0 Å². The van der Waals surface area contributed by atoms with Crippen LogP contribution in [-0.4, -0.2) is 26.9 Å². The molecular weight excluding hydrogens is 284 g/mol. The summed E-state index contributed by atoms with van der Waals surface area (Å²) in [5.41, 5.74) is 0.566. The van der Waals surface area contributed by atoms with E-state index in [1.165, 1.54) is 12.8 Å². The van der Waals surface area contributed by atoms with E-state index in [0.717, 1.165) is 12.3 Å². The van der Waals surface area contributed by atoms with Crippen LogP contribution in [-0.2, 0) is 13.8 Å². The van der Waals surface area contributed by atoms with Gasteiger partial charge in [0.1, 0.15) is 0 Å². The number of ether oxygens (including phenoxy) is 1. The van der Waals surface area contributed by atoms with E-state index < -0.39 is 9.05 Å². The lowest BCUT2D eigenvalue weighted by Gasteiger charge is -2.39. The Labute approximate surface area is 121 Å². The maximum absolute atomic E-state index is 11.0. The minimum absolute atomic E-state index is 0.00912. The second-order valence-corrected chi connectivity index (χ2v) is 10.1. The summed E-state index contributed by atoms with van der Waals surface area (Å²) in [6.45, 7) is 9.38. The topological polar surface area (TPSA) is 43.4 Å². The Kier molecular flexibility index (Phi) is 4.01. The lowest BCUT2D eigenvalue weighted by Crippen LogP contribution is -2.38. The van der Waals surface area contributed by atoms with Crippen molar-refractivity contribution in [3.05, 3.63) is 0 Å². The second kappa shape index (κ2) is 4.88. The van der Waals surface area contributed by atoms with E-state index in [1.807, 2.05) is 6.92 Å². The summed E-state index contributed by atoms with van der Waals surface area (Å²) in [7, 11) is 1.85. The zero-order valence-electron chi connectivity index (χ0n) is 12.3. The van der Waals surface area contributed by atoms with E-state index in [1.54, 1.807) is 0 Å². The van der Waals surface area contributed by atoms with Crippen molar-refractivity contribution >= 4 is 19.7 Å². The third-order valence-electron chi connectivity index (χ3n) is 5.78. The molecule has 112 valence electrons. The predicted molar refractivity (Wildman–Crippen MR) is 77.8 cm³/mol. The van der Waals surface area contributed by atoms with Gasteiger partial charge in [0.25, 0.3) is 0 Å². The lowest BCUT2D eigenvalue weighted by atomic mass is 9.70. The highest BCUT2D eigenvalue weighted by molar-refractivity contribution is 8.13. The molecule has 3 nitrogen and oxygen atoms in total. The van der Waals surface area contributed by atoms with Crippen molar-refractivity contribution in [1.29, 1.82) is 0 Å². The molecule has 19 heavy (non-hydrogen) atoms. The summed E-state index contributed by atoms with van der Waals surface area (Å²) in [5, 5.41) is 0. The van der Waals surface area contributed by atoms with Crippen LogP contribution in [0.15, 0.2) is 0 Å². The van der Waals surface area contributed by atoms with E-state index in [2.05, 4.69) is 20.8 Å². The predicted octanol–water partition coefficient (Wildman–Crippen LogP) is 3.42. The van der Waals surface area contributed by atoms with E-state index in [-0.39, 0.29) is 23.2 Å². The van der Waals surface area contributed by atoms with Gasteiger partial charge < -0.3 is 4.74 Å². The smallest absolute Gasteiger partial charge is 0.232 e. The summed E-state index contributed by atoms with van der Waals surface area (Å²) in [4.78, 5) is 0. The van der Waals surface area contributed by atoms with Crippen molar-refractivity contribution in [3.8, 4) is 0 Å². The Balaban J connectivity index is 1.92. The fraction of sp³-hybridized carbons (Fsp3) is 1.00. The molecule has 0 heterocycles. The Morgan fingerprint density at radius 3 is 2.42 bits per heavy atom. The molecule has 0 saturated heterocycles. The molecule has 0 aromatic heterocycles. The monoisotopic (exact) mass is 308 g/mol. The van der Waals surface area contributed by atoms with Gasteiger partial charge in [-0.3, -0.25) is 0 Å². The first-order chi connectivity index (χ1) is 8.56. The number of rotatable bonds is 5. The van der Waals surface area contributed by atoms with Crippen LogP contribution in [0.4, 0.5) is 0 Å². The normalized spacial score (nSPS) is 38.6. The van der Waals surface area contributed by atoms with E-state index in [0.29, 0.717) is 12.0 Å². The highest BCUT2D eigenvalue weighted by Gasteiger charge is 2.61. The molecule has 2 rings (SSSR count). The van der Waals surface area contributed by atoms with Crippen molar-refractivity contribution in [2.45, 2.75) is 53.1 Å². The molecule has 5 heteroatoms. The van der Waals surface area contributed by atoms with Gasteiger partial charge in [0.05, 0.1) is 18.5 Å². The van der Waals surface area contributed by atoms with Crippen LogP contribution in [0.3, 0.4) is 0 Å². The summed E-state index contributed by atoms with van der Waals surface area (Å²) in [6.07, 6.45) is 3.90. The molecule has 0 aromatic carbocycles. The minimum Gasteiger partial charge on any atom is -0.377 e. The van der Waals surface area contributed by atoms with Gasteiger partial charge in [0, 0.05) is 10.7 Å². The summed E-state index contributed by atoms with van der Waals surface area (Å²) < 4.78 is 28.1. The summed E-state index contributed by atoms with van der Waals surface area (Å²) in [5.74, 6) is 0.688. The van der Waals surface area contributed by atoms with E-state index in [9.17, 15) is 8.42 Å². The van der Waals surface area contributed by atoms with Crippen LogP contribution in [0.5, 0.6) is 0 Å². The number of halogens is 1. The summed E-state index contributed by atoms with van der Waals surface area (Å²) in [6, 6.07) is 0. The fourth-order valence-electron chi connectivity index (χ4n) is 4.05. The molecule has 2 aliphatic rings. The Bertz CT molecular complexity index is 446. The van der Waals surface area contributed by atoms with Crippen molar-refractivity contribution in [2.75, 3.05) is 12.4 Å². The molecule has 2 bridgehead atoms. The molecule has 2 fully saturated rings. The van der Waals surface area contributed by atoms with Crippen LogP contribution >= 0.6 is 10.7 Å². The molecule has 4 atom stereocenters. The highest BCUT2D eigenvalue weighted by Crippen LogP contribution is 2.66. The van der Waals surface area contributed by atoms with Crippen molar-refractivity contribution in [1.82, 2.24) is 0 Å². The first-order valence-corrected chi connectivity index (χ1v) is 9.58. The quantitative estimate of drug-likeness (QED) is 0.731. The maximum Gasteiger partial charge on any atom is 0.232 e. The molecule has 0 spiro atoms. The van der Waals surface area contributed by atoms with Gasteiger partial charge >= 0.3 is 0 Å². The molecule has 0 N–H and O–H groups in total. The van der Waals surface area contributed by atoms with Gasteiger partial charge in [0.15, 0.2) is 0 Å². The van der Waals surface area contributed by atoms with Crippen LogP contribution in [0, 0.1) is 22.7 Å². The lowest BCUT2D eigenvalue weighted by molar-refractivity contribution is -0.0549. The molecule has 0 amide bonds. The zero-order chi connectivity index (χ0) is 14.5. The van der Waals surface area contributed by atoms with Gasteiger partial charge in [-0.05, 0) is 41.9 Å². The maximum atomic E-state index is 11.0. The molecule has 4 unspecified atom stereocenters. The van der Waals surface area contributed by atoms with Gasteiger partial charge in [-0.25, -0.2) is 8.42 Å². The van der Waals surface area contributed by atoms with Crippen LogP contribution in [0.1, 0.15) is 47.0 Å². The van der Waals surface area contributed by atoms with Crippen molar-refractivity contribution < 1.29 is 13.2 Å². The molecule has 2 aliphatic carbocycles. The van der Waals surface area contributed by atoms with Gasteiger partial charge in [-0.1, -0.05) is 27.7 Å². The SMILES string of the molecule is CC(COC1CC2CCC1(C)C2(C)C)CS(=O)(=O)Cl. The Morgan fingerprint density at radius 1 is 1.37 bits per heavy atom.